The smallest absolute Gasteiger partial charge is 0.298 e. The van der Waals surface area contributed by atoms with Crippen LogP contribution in [0.1, 0.15) is 5.56 Å². The van der Waals surface area contributed by atoms with Crippen LogP contribution in [0.5, 0.6) is 5.75 Å². The van der Waals surface area contributed by atoms with Gasteiger partial charge in [-0.3, -0.25) is 4.79 Å². The SMILES string of the molecule is N#Cc1c(F)cc(-c2c(F)cc(-c3ccc(OC=O)cc3F)cc2F)cc1F. The summed E-state index contributed by atoms with van der Waals surface area (Å²) >= 11 is 0. The summed E-state index contributed by atoms with van der Waals surface area (Å²) in [5, 5.41) is 8.67. The summed E-state index contributed by atoms with van der Waals surface area (Å²) in [7, 11) is 0. The van der Waals surface area contributed by atoms with E-state index in [4.69, 9.17) is 5.26 Å². The van der Waals surface area contributed by atoms with Gasteiger partial charge < -0.3 is 4.74 Å². The van der Waals surface area contributed by atoms with Crippen molar-refractivity contribution < 1.29 is 31.5 Å². The van der Waals surface area contributed by atoms with Crippen LogP contribution in [0, 0.1) is 40.4 Å². The van der Waals surface area contributed by atoms with E-state index in [0.717, 1.165) is 24.3 Å². The molecule has 0 unspecified atom stereocenters. The predicted octanol–water partition coefficient (Wildman–Crippen LogP) is 5.12. The molecule has 0 saturated carbocycles. The van der Waals surface area contributed by atoms with Gasteiger partial charge in [0.05, 0.1) is 5.56 Å². The first-order chi connectivity index (χ1) is 13.3. The number of nitriles is 1. The van der Waals surface area contributed by atoms with E-state index < -0.39 is 45.8 Å². The third-order valence-electron chi connectivity index (χ3n) is 3.92. The molecule has 8 heteroatoms. The highest BCUT2D eigenvalue weighted by Crippen LogP contribution is 2.34. The topological polar surface area (TPSA) is 50.1 Å². The Balaban J connectivity index is 2.10. The minimum atomic E-state index is -1.27. The van der Waals surface area contributed by atoms with Crippen LogP contribution in [0.4, 0.5) is 22.0 Å². The fourth-order valence-electron chi connectivity index (χ4n) is 2.69. The number of halogens is 5. The van der Waals surface area contributed by atoms with Crippen LogP contribution in [0.15, 0.2) is 42.5 Å². The average Bonchev–Trinajstić information content (AvgIpc) is 2.61. The zero-order valence-electron chi connectivity index (χ0n) is 13.8. The Morgan fingerprint density at radius 2 is 1.36 bits per heavy atom. The van der Waals surface area contributed by atoms with Gasteiger partial charge in [0.15, 0.2) is 0 Å². The van der Waals surface area contributed by atoms with Crippen molar-refractivity contribution in [2.75, 3.05) is 0 Å². The van der Waals surface area contributed by atoms with Crippen molar-refractivity contribution in [2.24, 2.45) is 0 Å². The molecule has 0 aromatic heterocycles. The lowest BCUT2D eigenvalue weighted by atomic mass is 9.97. The molecule has 28 heavy (non-hydrogen) atoms. The van der Waals surface area contributed by atoms with Gasteiger partial charge in [-0.25, -0.2) is 22.0 Å². The second-order valence-electron chi connectivity index (χ2n) is 5.60. The monoisotopic (exact) mass is 389 g/mol. The number of carbonyl (C=O) groups is 1. The lowest BCUT2D eigenvalue weighted by molar-refractivity contribution is -0.120. The van der Waals surface area contributed by atoms with E-state index in [1.54, 1.807) is 0 Å². The average molecular weight is 389 g/mol. The minimum absolute atomic E-state index is 0.0957. The van der Waals surface area contributed by atoms with Crippen LogP contribution >= 0.6 is 0 Å². The lowest BCUT2D eigenvalue weighted by Crippen LogP contribution is -1.97. The van der Waals surface area contributed by atoms with Gasteiger partial charge in [0.1, 0.15) is 46.5 Å². The summed E-state index contributed by atoms with van der Waals surface area (Å²) in [5.41, 5.74) is -2.41. The van der Waals surface area contributed by atoms with Crippen molar-refractivity contribution >= 4 is 6.47 Å². The van der Waals surface area contributed by atoms with E-state index in [1.165, 1.54) is 12.1 Å². The highest BCUT2D eigenvalue weighted by atomic mass is 19.1. The second kappa shape index (κ2) is 7.48. The van der Waals surface area contributed by atoms with Crippen molar-refractivity contribution in [3.8, 4) is 34.1 Å². The number of hydrogen-bond donors (Lipinski definition) is 0. The fraction of sp³-hybridized carbons (Fsp3) is 0. The van der Waals surface area contributed by atoms with E-state index in [9.17, 15) is 26.7 Å². The van der Waals surface area contributed by atoms with Gasteiger partial charge in [0, 0.05) is 11.6 Å². The standard InChI is InChI=1S/C20H8F5NO2/c21-15-5-11(6-16(22)14(15)8-26)20-18(24)3-10(4-19(20)25)13-2-1-12(28-9-27)7-17(13)23/h1-7,9H. The first kappa shape index (κ1) is 19.0. The Morgan fingerprint density at radius 3 is 1.86 bits per heavy atom. The largest absolute Gasteiger partial charge is 0.429 e. The molecular weight excluding hydrogens is 381 g/mol. The first-order valence-corrected chi connectivity index (χ1v) is 7.64. The normalized spacial score (nSPS) is 10.4. The third kappa shape index (κ3) is 3.42. The van der Waals surface area contributed by atoms with E-state index in [-0.39, 0.29) is 23.3 Å². The van der Waals surface area contributed by atoms with E-state index in [0.29, 0.717) is 12.1 Å². The molecule has 0 aliphatic heterocycles. The molecule has 0 fully saturated rings. The first-order valence-electron chi connectivity index (χ1n) is 7.64. The Kier molecular flexibility index (Phi) is 5.09. The molecule has 3 nitrogen and oxygen atoms in total. The maximum atomic E-state index is 14.5. The van der Waals surface area contributed by atoms with Crippen molar-refractivity contribution in [1.29, 1.82) is 5.26 Å². The molecule has 0 amide bonds. The molecule has 3 rings (SSSR count). The van der Waals surface area contributed by atoms with Gasteiger partial charge in [0.25, 0.3) is 6.47 Å². The van der Waals surface area contributed by atoms with Gasteiger partial charge in [-0.2, -0.15) is 5.26 Å². The molecule has 0 spiro atoms. The zero-order chi connectivity index (χ0) is 20.4. The lowest BCUT2D eigenvalue weighted by Gasteiger charge is -2.11. The molecule has 0 aliphatic carbocycles. The zero-order valence-corrected chi connectivity index (χ0v) is 13.8. The Morgan fingerprint density at radius 1 is 0.786 bits per heavy atom. The molecule has 0 saturated heterocycles. The Bertz CT molecular complexity index is 1090. The molecule has 0 N–H and O–H groups in total. The van der Waals surface area contributed by atoms with Crippen molar-refractivity contribution in [3.63, 3.8) is 0 Å². The molecule has 3 aromatic carbocycles. The summed E-state index contributed by atoms with van der Waals surface area (Å²) in [6.07, 6.45) is 0. The summed E-state index contributed by atoms with van der Waals surface area (Å²) < 4.78 is 75.2. The van der Waals surface area contributed by atoms with Gasteiger partial charge in [-0.05, 0) is 47.5 Å². The van der Waals surface area contributed by atoms with Crippen LogP contribution in [0.2, 0.25) is 0 Å². The predicted molar refractivity (Wildman–Crippen MR) is 88.5 cm³/mol. The van der Waals surface area contributed by atoms with Crippen LogP contribution < -0.4 is 4.74 Å². The number of hydrogen-bond acceptors (Lipinski definition) is 3. The van der Waals surface area contributed by atoms with Gasteiger partial charge in [0.2, 0.25) is 0 Å². The van der Waals surface area contributed by atoms with Gasteiger partial charge in [-0.15, -0.1) is 0 Å². The maximum absolute atomic E-state index is 14.5. The second-order valence-corrected chi connectivity index (χ2v) is 5.60. The minimum Gasteiger partial charge on any atom is -0.429 e. The van der Waals surface area contributed by atoms with E-state index in [1.807, 2.05) is 0 Å². The van der Waals surface area contributed by atoms with Crippen molar-refractivity contribution in [3.05, 3.63) is 77.1 Å². The van der Waals surface area contributed by atoms with Gasteiger partial charge in [-0.1, -0.05) is 0 Å². The summed E-state index contributed by atoms with van der Waals surface area (Å²) in [5.74, 6) is -5.91. The number of carbonyl (C=O) groups excluding carboxylic acids is 1. The molecule has 0 aliphatic rings. The number of benzene rings is 3. The Labute approximate surface area is 155 Å². The maximum Gasteiger partial charge on any atom is 0.298 e. The summed E-state index contributed by atoms with van der Waals surface area (Å²) in [6.45, 7) is 0.0957. The Hall–Kier alpha value is -3.73. The summed E-state index contributed by atoms with van der Waals surface area (Å²) in [4.78, 5) is 10.3. The molecule has 0 heterocycles. The molecule has 3 aromatic rings. The van der Waals surface area contributed by atoms with Crippen LogP contribution in [-0.2, 0) is 4.79 Å². The fourth-order valence-corrected chi connectivity index (χ4v) is 2.69. The van der Waals surface area contributed by atoms with Crippen molar-refractivity contribution in [1.82, 2.24) is 0 Å². The highest BCUT2D eigenvalue weighted by Gasteiger charge is 2.19. The highest BCUT2D eigenvalue weighted by molar-refractivity contribution is 5.73. The van der Waals surface area contributed by atoms with Gasteiger partial charge >= 0.3 is 0 Å². The van der Waals surface area contributed by atoms with E-state index >= 15 is 0 Å². The molecular formula is C20H8F5NO2. The number of rotatable bonds is 4. The quantitative estimate of drug-likeness (QED) is 0.460. The van der Waals surface area contributed by atoms with Crippen LogP contribution in [-0.4, -0.2) is 6.47 Å². The number of ether oxygens (including phenoxy) is 1. The third-order valence-corrected chi connectivity index (χ3v) is 3.92. The molecule has 0 bridgehead atoms. The molecule has 0 radical (unpaired) electrons. The van der Waals surface area contributed by atoms with E-state index in [2.05, 4.69) is 4.74 Å². The summed E-state index contributed by atoms with van der Waals surface area (Å²) in [6, 6.07) is 7.41. The molecule has 0 atom stereocenters. The van der Waals surface area contributed by atoms with Crippen LogP contribution in [0.25, 0.3) is 22.3 Å². The van der Waals surface area contributed by atoms with Crippen molar-refractivity contribution in [2.45, 2.75) is 0 Å². The number of nitrogens with zero attached hydrogens (tertiary/aromatic N) is 1. The molecule has 140 valence electrons. The van der Waals surface area contributed by atoms with Crippen LogP contribution in [0.3, 0.4) is 0 Å².